The molecule has 4 unspecified atom stereocenters. The van der Waals surface area contributed by atoms with Crippen LogP contribution in [0.3, 0.4) is 0 Å². The number of esters is 2. The number of hydrogen-bond donors (Lipinski definition) is 2. The molecule has 1 heterocycles. The van der Waals surface area contributed by atoms with Crippen molar-refractivity contribution in [3.63, 3.8) is 0 Å². The predicted molar refractivity (Wildman–Crippen MR) is 277 cm³/mol. The Morgan fingerprint density at radius 2 is 0.667 bits per heavy atom. The van der Waals surface area contributed by atoms with Gasteiger partial charge in [-0.2, -0.15) is 0 Å². The summed E-state index contributed by atoms with van der Waals surface area (Å²) in [5, 5.41) is 5.40. The standard InChI is InChI=1S/C56H108N4O6/c1-9-13-17-21-25-29-33-47(5)41-59(42-48(6)34-30-26-22-18-14-10-2)39-37-53(61)65-45-51-55(63)58-52(56(64)57-51)46-66-54(62)38-40-60(43-49(7)35-31-27-23-19-15-11-3)44-50(8)36-32-28-24-20-16-12-4/h47-52H,9-46H2,1-8H3,(H,57,64)(H,58,63)/t47?,48?,49?,50?,51-,52-/m0/s1. The SMILES string of the molecule is CCCCCCCCC(C)CN(CCC(=O)OC[C@@H]1NC(=O)[C@H](COC(=O)CCN(CC(C)CCCCCCCC)CC(C)CCCCCCCC)NC1=O)CC(C)CCCCCCCC. The number of unbranched alkanes of at least 4 members (excludes halogenated alkanes) is 20. The molecule has 2 N–H and O–H groups in total. The number of nitrogens with one attached hydrogen (secondary N) is 2. The zero-order valence-electron chi connectivity index (χ0n) is 44.7. The van der Waals surface area contributed by atoms with Crippen LogP contribution < -0.4 is 10.6 Å². The maximum atomic E-state index is 13.1. The first-order valence-corrected chi connectivity index (χ1v) is 28.3. The van der Waals surface area contributed by atoms with Gasteiger partial charge in [0.05, 0.1) is 12.8 Å². The fraction of sp³-hybridized carbons (Fsp3) is 0.929. The summed E-state index contributed by atoms with van der Waals surface area (Å²) in [4.78, 5) is 57.1. The molecule has 1 fully saturated rings. The summed E-state index contributed by atoms with van der Waals surface area (Å²) in [5.41, 5.74) is 0. The Morgan fingerprint density at radius 1 is 0.424 bits per heavy atom. The molecule has 66 heavy (non-hydrogen) atoms. The van der Waals surface area contributed by atoms with Gasteiger partial charge in [-0.25, -0.2) is 0 Å². The van der Waals surface area contributed by atoms with Gasteiger partial charge in [0.1, 0.15) is 25.3 Å². The molecule has 10 heteroatoms. The second kappa shape index (κ2) is 41.7. The Balaban J connectivity index is 2.62. The number of rotatable bonds is 46. The highest BCUT2D eigenvalue weighted by atomic mass is 16.5. The molecule has 1 saturated heterocycles. The van der Waals surface area contributed by atoms with Crippen molar-refractivity contribution in [2.24, 2.45) is 23.7 Å². The van der Waals surface area contributed by atoms with Crippen LogP contribution in [0, 0.1) is 23.7 Å². The van der Waals surface area contributed by atoms with Crippen molar-refractivity contribution in [1.82, 2.24) is 20.4 Å². The Labute approximate surface area is 407 Å². The highest BCUT2D eigenvalue weighted by Gasteiger charge is 2.35. The van der Waals surface area contributed by atoms with Crippen LogP contribution in [0.25, 0.3) is 0 Å². The van der Waals surface area contributed by atoms with Crippen LogP contribution in [0.4, 0.5) is 0 Å². The van der Waals surface area contributed by atoms with Gasteiger partial charge in [-0.3, -0.25) is 19.2 Å². The normalized spacial score (nSPS) is 17.1. The van der Waals surface area contributed by atoms with Gasteiger partial charge in [0, 0.05) is 39.3 Å². The van der Waals surface area contributed by atoms with Crippen molar-refractivity contribution in [2.75, 3.05) is 52.5 Å². The van der Waals surface area contributed by atoms with Gasteiger partial charge >= 0.3 is 11.9 Å². The number of hydrogen-bond acceptors (Lipinski definition) is 8. The van der Waals surface area contributed by atoms with E-state index in [1.165, 1.54) is 180 Å². The van der Waals surface area contributed by atoms with E-state index >= 15 is 0 Å². The van der Waals surface area contributed by atoms with E-state index in [2.05, 4.69) is 75.8 Å². The second-order valence-electron chi connectivity index (χ2n) is 21.2. The monoisotopic (exact) mass is 933 g/mol. The van der Waals surface area contributed by atoms with Crippen molar-refractivity contribution < 1.29 is 28.7 Å². The molecule has 0 aliphatic carbocycles. The predicted octanol–water partition coefficient (Wildman–Crippen LogP) is 13.0. The van der Waals surface area contributed by atoms with Gasteiger partial charge in [0.15, 0.2) is 0 Å². The van der Waals surface area contributed by atoms with E-state index in [1.54, 1.807) is 0 Å². The smallest absolute Gasteiger partial charge is 0.307 e. The molecular weight excluding hydrogens is 825 g/mol. The molecule has 1 rings (SSSR count). The lowest BCUT2D eigenvalue weighted by Crippen LogP contribution is -2.64. The molecular formula is C56H108N4O6. The Kier molecular flexibility index (Phi) is 39.1. The number of amides is 2. The lowest BCUT2D eigenvalue weighted by atomic mass is 9.98. The summed E-state index contributed by atoms with van der Waals surface area (Å²) in [7, 11) is 0. The van der Waals surface area contributed by atoms with Crippen molar-refractivity contribution >= 4 is 23.8 Å². The van der Waals surface area contributed by atoms with Crippen LogP contribution in [0.1, 0.15) is 248 Å². The maximum Gasteiger partial charge on any atom is 0.307 e. The van der Waals surface area contributed by atoms with E-state index in [-0.39, 0.29) is 38.0 Å². The third-order valence-electron chi connectivity index (χ3n) is 13.8. The zero-order valence-corrected chi connectivity index (χ0v) is 44.7. The average molecular weight is 934 g/mol. The Hall–Kier alpha value is -2.20. The largest absolute Gasteiger partial charge is 0.463 e. The van der Waals surface area contributed by atoms with Gasteiger partial charge in [0.25, 0.3) is 0 Å². The molecule has 388 valence electrons. The first-order valence-electron chi connectivity index (χ1n) is 28.3. The van der Waals surface area contributed by atoms with Crippen LogP contribution in [0.5, 0.6) is 0 Å². The minimum Gasteiger partial charge on any atom is -0.463 e. The number of carbonyl (C=O) groups excluding carboxylic acids is 4. The number of piperazine rings is 1. The molecule has 0 bridgehead atoms. The van der Waals surface area contributed by atoms with E-state index in [0.29, 0.717) is 36.8 Å². The Morgan fingerprint density at radius 3 is 0.924 bits per heavy atom. The van der Waals surface area contributed by atoms with Crippen LogP contribution in [0.15, 0.2) is 0 Å². The third-order valence-corrected chi connectivity index (χ3v) is 13.8. The minimum atomic E-state index is -0.982. The van der Waals surface area contributed by atoms with Gasteiger partial charge in [-0.05, 0) is 49.4 Å². The molecule has 0 aromatic carbocycles. The molecule has 0 aromatic heterocycles. The van der Waals surface area contributed by atoms with E-state index in [9.17, 15) is 19.2 Å². The van der Waals surface area contributed by atoms with Crippen molar-refractivity contribution in [3.8, 4) is 0 Å². The van der Waals surface area contributed by atoms with Crippen molar-refractivity contribution in [1.29, 1.82) is 0 Å². The summed E-state index contributed by atoms with van der Waals surface area (Å²) < 4.78 is 11.2. The molecule has 1 aliphatic rings. The summed E-state index contributed by atoms with van der Waals surface area (Å²) in [6, 6.07) is -1.96. The van der Waals surface area contributed by atoms with Crippen LogP contribution >= 0.6 is 0 Å². The van der Waals surface area contributed by atoms with Gasteiger partial charge in [0.2, 0.25) is 11.8 Å². The highest BCUT2D eigenvalue weighted by Crippen LogP contribution is 2.20. The topological polar surface area (TPSA) is 117 Å². The van der Waals surface area contributed by atoms with Crippen LogP contribution in [0.2, 0.25) is 0 Å². The summed E-state index contributed by atoms with van der Waals surface area (Å²) in [5.74, 6) is 0.595. The third kappa shape index (κ3) is 34.1. The maximum absolute atomic E-state index is 13.1. The summed E-state index contributed by atoms with van der Waals surface area (Å²) >= 11 is 0. The number of carbonyl (C=O) groups is 4. The Bertz CT molecular complexity index is 1060. The van der Waals surface area contributed by atoms with E-state index in [4.69, 9.17) is 9.47 Å². The van der Waals surface area contributed by atoms with Crippen molar-refractivity contribution in [3.05, 3.63) is 0 Å². The molecule has 1 aliphatic heterocycles. The molecule has 0 spiro atoms. The number of ether oxygens (including phenoxy) is 2. The molecule has 0 aromatic rings. The van der Waals surface area contributed by atoms with Gasteiger partial charge in [-0.15, -0.1) is 0 Å². The molecule has 10 nitrogen and oxygen atoms in total. The van der Waals surface area contributed by atoms with Crippen molar-refractivity contribution in [2.45, 2.75) is 260 Å². The minimum absolute atomic E-state index is 0.226. The fourth-order valence-corrected chi connectivity index (χ4v) is 9.64. The van der Waals surface area contributed by atoms with Crippen LogP contribution in [-0.2, 0) is 28.7 Å². The average Bonchev–Trinajstić information content (AvgIpc) is 3.29. The molecule has 0 saturated carbocycles. The van der Waals surface area contributed by atoms with Gasteiger partial charge < -0.3 is 29.9 Å². The lowest BCUT2D eigenvalue weighted by molar-refractivity contribution is -0.152. The van der Waals surface area contributed by atoms with Crippen LogP contribution in [-0.4, -0.2) is 98.1 Å². The first kappa shape index (κ1) is 61.8. The number of nitrogens with zero attached hydrogens (tertiary/aromatic N) is 2. The van der Waals surface area contributed by atoms with E-state index in [0.717, 1.165) is 26.2 Å². The molecule has 6 atom stereocenters. The molecule has 0 radical (unpaired) electrons. The van der Waals surface area contributed by atoms with E-state index < -0.39 is 23.9 Å². The highest BCUT2D eigenvalue weighted by molar-refractivity contribution is 5.97. The first-order chi connectivity index (χ1) is 31.9. The lowest BCUT2D eigenvalue weighted by Gasteiger charge is -2.30. The quantitative estimate of drug-likeness (QED) is 0.0458. The second-order valence-corrected chi connectivity index (χ2v) is 21.2. The molecule has 2 amide bonds. The van der Waals surface area contributed by atoms with Gasteiger partial charge in [-0.1, -0.05) is 209 Å². The van der Waals surface area contributed by atoms with E-state index in [1.807, 2.05) is 0 Å². The summed E-state index contributed by atoms with van der Waals surface area (Å²) in [6.45, 7) is 23.0. The zero-order chi connectivity index (χ0) is 48.6. The summed E-state index contributed by atoms with van der Waals surface area (Å²) in [6.07, 6.45) is 36.4. The fourth-order valence-electron chi connectivity index (χ4n) is 9.64.